The normalized spacial score (nSPS) is 15.3. The summed E-state index contributed by atoms with van der Waals surface area (Å²) in [5, 5.41) is 6.43. The van der Waals surface area contributed by atoms with Crippen molar-refractivity contribution >= 4 is 15.7 Å². The van der Waals surface area contributed by atoms with Crippen LogP contribution in [-0.4, -0.2) is 49.1 Å². The van der Waals surface area contributed by atoms with Gasteiger partial charge in [0.1, 0.15) is 0 Å². The first-order valence-corrected chi connectivity index (χ1v) is 11.4. The lowest BCUT2D eigenvalue weighted by Crippen LogP contribution is -2.48. The molecule has 0 unspecified atom stereocenters. The quantitative estimate of drug-likeness (QED) is 0.680. The van der Waals surface area contributed by atoms with Crippen LogP contribution in [0, 0.1) is 0 Å². The van der Waals surface area contributed by atoms with Gasteiger partial charge in [-0.2, -0.15) is 9.40 Å². The topological polar surface area (TPSA) is 86.4 Å². The van der Waals surface area contributed by atoms with Crippen LogP contribution in [-0.2, 0) is 16.4 Å². The highest BCUT2D eigenvalue weighted by atomic mass is 32.2. The van der Waals surface area contributed by atoms with Crippen LogP contribution in [0.4, 0.5) is 5.69 Å². The van der Waals surface area contributed by atoms with E-state index in [-0.39, 0.29) is 5.56 Å². The number of benzene rings is 2. The first-order valence-electron chi connectivity index (χ1n) is 9.98. The number of hydrogen-bond acceptors (Lipinski definition) is 5. The number of aromatic nitrogens is 2. The lowest BCUT2D eigenvalue weighted by atomic mass is 10.1. The lowest BCUT2D eigenvalue weighted by molar-refractivity contribution is 0.384. The van der Waals surface area contributed by atoms with E-state index in [4.69, 9.17) is 0 Å². The third-order valence-corrected chi connectivity index (χ3v) is 7.38. The molecule has 1 saturated heterocycles. The van der Waals surface area contributed by atoms with E-state index in [0.717, 1.165) is 11.3 Å². The van der Waals surface area contributed by atoms with Crippen LogP contribution in [0.5, 0.6) is 0 Å². The van der Waals surface area contributed by atoms with Gasteiger partial charge in [0, 0.05) is 43.5 Å². The molecule has 1 aromatic heterocycles. The lowest BCUT2D eigenvalue weighted by Gasteiger charge is -2.35. The molecule has 2 heterocycles. The van der Waals surface area contributed by atoms with E-state index < -0.39 is 10.0 Å². The zero-order valence-electron chi connectivity index (χ0n) is 16.8. The highest BCUT2D eigenvalue weighted by Gasteiger charge is 2.30. The second kappa shape index (κ2) is 8.41. The summed E-state index contributed by atoms with van der Waals surface area (Å²) in [4.78, 5) is 13.8. The average molecular weight is 425 g/mol. The van der Waals surface area contributed by atoms with E-state index in [2.05, 4.69) is 15.1 Å². The maximum atomic E-state index is 13.5. The zero-order chi connectivity index (χ0) is 21.1. The van der Waals surface area contributed by atoms with Crippen LogP contribution < -0.4 is 10.5 Å². The van der Waals surface area contributed by atoms with Crippen LogP contribution >= 0.6 is 0 Å². The van der Waals surface area contributed by atoms with Crippen molar-refractivity contribution in [1.82, 2.24) is 14.5 Å². The number of anilines is 1. The minimum absolute atomic E-state index is 0.298. The van der Waals surface area contributed by atoms with Gasteiger partial charge in [0.2, 0.25) is 10.0 Å². The second-order valence-corrected chi connectivity index (χ2v) is 9.12. The fourth-order valence-corrected chi connectivity index (χ4v) is 5.46. The van der Waals surface area contributed by atoms with E-state index in [0.29, 0.717) is 48.8 Å². The Kier molecular flexibility index (Phi) is 5.69. The third kappa shape index (κ3) is 4.01. The van der Waals surface area contributed by atoms with Crippen molar-refractivity contribution in [3.8, 4) is 11.3 Å². The molecular formula is C22H24N4O3S. The Morgan fingerprint density at radius 3 is 2.33 bits per heavy atom. The number of nitrogens with zero attached hydrogens (tertiary/aromatic N) is 3. The van der Waals surface area contributed by atoms with E-state index in [1.54, 1.807) is 16.4 Å². The molecule has 30 heavy (non-hydrogen) atoms. The predicted molar refractivity (Wildman–Crippen MR) is 117 cm³/mol. The first kappa shape index (κ1) is 20.3. The van der Waals surface area contributed by atoms with Gasteiger partial charge in [-0.25, -0.2) is 13.5 Å². The van der Waals surface area contributed by atoms with Gasteiger partial charge in [-0.15, -0.1) is 0 Å². The van der Waals surface area contributed by atoms with Crippen molar-refractivity contribution in [3.05, 3.63) is 76.6 Å². The fraction of sp³-hybridized carbons (Fsp3) is 0.273. The fourth-order valence-electron chi connectivity index (χ4n) is 3.72. The number of aryl methyl sites for hydroxylation is 1. The summed E-state index contributed by atoms with van der Waals surface area (Å²) in [6, 6.07) is 18.3. The van der Waals surface area contributed by atoms with Gasteiger partial charge in [0.25, 0.3) is 5.56 Å². The highest BCUT2D eigenvalue weighted by molar-refractivity contribution is 7.89. The maximum absolute atomic E-state index is 13.5. The summed E-state index contributed by atoms with van der Waals surface area (Å²) in [6.07, 6.45) is 0.609. The summed E-state index contributed by atoms with van der Waals surface area (Å²) in [7, 11) is -3.64. The Morgan fingerprint density at radius 2 is 1.70 bits per heavy atom. The summed E-state index contributed by atoms with van der Waals surface area (Å²) >= 11 is 0. The van der Waals surface area contributed by atoms with Crippen molar-refractivity contribution < 1.29 is 8.42 Å². The number of H-pyrrole nitrogens is 1. The maximum Gasteiger partial charge on any atom is 0.264 e. The van der Waals surface area contributed by atoms with Gasteiger partial charge in [-0.1, -0.05) is 37.3 Å². The second-order valence-electron chi connectivity index (χ2n) is 7.21. The number of piperazine rings is 1. The molecule has 0 amide bonds. The van der Waals surface area contributed by atoms with Crippen molar-refractivity contribution in [2.24, 2.45) is 0 Å². The Labute approximate surface area is 176 Å². The Hall–Kier alpha value is -2.97. The Bertz CT molecular complexity index is 1160. The molecule has 4 rings (SSSR count). The Balaban J connectivity index is 1.61. The molecule has 0 atom stereocenters. The minimum Gasteiger partial charge on any atom is -0.369 e. The largest absolute Gasteiger partial charge is 0.369 e. The molecule has 1 fully saturated rings. The van der Waals surface area contributed by atoms with Crippen LogP contribution in [0.2, 0.25) is 0 Å². The molecule has 0 spiro atoms. The minimum atomic E-state index is -3.64. The zero-order valence-corrected chi connectivity index (χ0v) is 17.6. The number of para-hydroxylation sites is 1. The van der Waals surface area contributed by atoms with Gasteiger partial charge in [-0.05, 0) is 36.2 Å². The molecule has 0 aliphatic carbocycles. The van der Waals surface area contributed by atoms with E-state index >= 15 is 0 Å². The van der Waals surface area contributed by atoms with Crippen LogP contribution in [0.3, 0.4) is 0 Å². The first-order chi connectivity index (χ1) is 14.5. The van der Waals surface area contributed by atoms with Crippen LogP contribution in [0.15, 0.2) is 70.4 Å². The third-order valence-electron chi connectivity index (χ3n) is 5.40. The standard InChI is InChI=1S/C22H24N4O3S/c1-2-17-8-9-18(20-10-11-22(27)24-23-20)16-21(17)30(28,29)26-14-12-25(13-15-26)19-6-4-3-5-7-19/h3-11,16H,2,12-15H2,1H3,(H,24,27). The SMILES string of the molecule is CCc1ccc(-c2ccc(=O)[nH]n2)cc1S(=O)(=O)N1CCN(c2ccccc2)CC1. The van der Waals surface area contributed by atoms with Gasteiger partial charge in [0.05, 0.1) is 10.6 Å². The predicted octanol–water partition coefficient (Wildman–Crippen LogP) is 2.51. The summed E-state index contributed by atoms with van der Waals surface area (Å²) in [5.41, 5.74) is 2.77. The van der Waals surface area contributed by atoms with Crippen molar-refractivity contribution in [2.45, 2.75) is 18.2 Å². The molecular weight excluding hydrogens is 400 g/mol. The number of nitrogens with one attached hydrogen (secondary N) is 1. The molecule has 1 aliphatic rings. The van der Waals surface area contributed by atoms with E-state index in [1.165, 1.54) is 6.07 Å². The van der Waals surface area contributed by atoms with Gasteiger partial charge in [0.15, 0.2) is 0 Å². The number of rotatable bonds is 5. The molecule has 1 aliphatic heterocycles. The smallest absolute Gasteiger partial charge is 0.264 e. The van der Waals surface area contributed by atoms with Gasteiger partial charge < -0.3 is 4.90 Å². The summed E-state index contributed by atoms with van der Waals surface area (Å²) in [6.45, 7) is 4.10. The Morgan fingerprint density at radius 1 is 0.967 bits per heavy atom. The van der Waals surface area contributed by atoms with E-state index in [1.807, 2.05) is 49.4 Å². The molecule has 1 N–H and O–H groups in total. The molecule has 0 bridgehead atoms. The van der Waals surface area contributed by atoms with Crippen LogP contribution in [0.25, 0.3) is 11.3 Å². The van der Waals surface area contributed by atoms with Gasteiger partial charge >= 0.3 is 0 Å². The van der Waals surface area contributed by atoms with Gasteiger partial charge in [-0.3, -0.25) is 4.79 Å². The summed E-state index contributed by atoms with van der Waals surface area (Å²) in [5.74, 6) is 0. The van der Waals surface area contributed by atoms with Crippen LogP contribution in [0.1, 0.15) is 12.5 Å². The number of hydrogen-bond donors (Lipinski definition) is 1. The molecule has 2 aromatic carbocycles. The monoisotopic (exact) mass is 424 g/mol. The highest BCUT2D eigenvalue weighted by Crippen LogP contribution is 2.28. The molecule has 3 aromatic rings. The van der Waals surface area contributed by atoms with E-state index in [9.17, 15) is 13.2 Å². The van der Waals surface area contributed by atoms with Crippen molar-refractivity contribution in [1.29, 1.82) is 0 Å². The molecule has 7 nitrogen and oxygen atoms in total. The number of sulfonamides is 1. The summed E-state index contributed by atoms with van der Waals surface area (Å²) < 4.78 is 28.5. The van der Waals surface area contributed by atoms with Crippen molar-refractivity contribution in [2.75, 3.05) is 31.1 Å². The average Bonchev–Trinajstić information content (AvgIpc) is 2.80. The molecule has 0 saturated carbocycles. The molecule has 8 heteroatoms. The van der Waals surface area contributed by atoms with Crippen molar-refractivity contribution in [3.63, 3.8) is 0 Å². The molecule has 0 radical (unpaired) electrons. The number of aromatic amines is 1. The molecule has 156 valence electrons.